The van der Waals surface area contributed by atoms with E-state index in [1.165, 1.54) is 29.1 Å². The third-order valence-corrected chi connectivity index (χ3v) is 4.22. The second-order valence-electron chi connectivity index (χ2n) is 6.40. The molecule has 1 unspecified atom stereocenters. The summed E-state index contributed by atoms with van der Waals surface area (Å²) in [5.74, 6) is 1.20. The minimum absolute atomic E-state index is 0.436. The molecule has 1 aromatic carbocycles. The van der Waals surface area contributed by atoms with Gasteiger partial charge in [0.2, 0.25) is 0 Å². The topological polar surface area (TPSA) is 12.0 Å². The maximum Gasteiger partial charge on any atom is 0.0291 e. The van der Waals surface area contributed by atoms with Crippen LogP contribution in [0, 0.1) is 5.41 Å². The lowest BCUT2D eigenvalue weighted by Crippen LogP contribution is -2.19. The van der Waals surface area contributed by atoms with Gasteiger partial charge in [-0.3, -0.25) is 0 Å². The molecule has 0 aromatic heterocycles. The van der Waals surface area contributed by atoms with Crippen molar-refractivity contribution in [3.63, 3.8) is 0 Å². The van der Waals surface area contributed by atoms with Crippen LogP contribution in [0.3, 0.4) is 0 Å². The highest BCUT2D eigenvalue weighted by Crippen LogP contribution is 2.26. The molecule has 0 radical (unpaired) electrons. The standard InChI is InChI=1S/C17H29NS/c1-6-12-18-14(2)15-7-9-16(10-8-15)19-13-11-17(3,4)5/h7-10,14,18H,6,11-13H2,1-5H3. The van der Waals surface area contributed by atoms with Gasteiger partial charge in [-0.05, 0) is 55.2 Å². The fraction of sp³-hybridized carbons (Fsp3) is 0.647. The molecule has 0 spiro atoms. The van der Waals surface area contributed by atoms with E-state index in [0.29, 0.717) is 11.5 Å². The minimum Gasteiger partial charge on any atom is -0.310 e. The van der Waals surface area contributed by atoms with E-state index in [2.05, 4.69) is 64.2 Å². The van der Waals surface area contributed by atoms with E-state index in [-0.39, 0.29) is 0 Å². The third kappa shape index (κ3) is 7.03. The number of nitrogens with one attached hydrogen (secondary N) is 1. The van der Waals surface area contributed by atoms with E-state index in [1.807, 2.05) is 11.8 Å². The van der Waals surface area contributed by atoms with Crippen LogP contribution >= 0.6 is 11.8 Å². The smallest absolute Gasteiger partial charge is 0.0291 e. The molecule has 108 valence electrons. The summed E-state index contributed by atoms with van der Waals surface area (Å²) in [6.07, 6.45) is 2.44. The van der Waals surface area contributed by atoms with Crippen LogP contribution in [0.4, 0.5) is 0 Å². The summed E-state index contributed by atoms with van der Waals surface area (Å²) in [5, 5.41) is 3.52. The first-order valence-electron chi connectivity index (χ1n) is 7.38. The molecule has 0 saturated carbocycles. The third-order valence-electron chi connectivity index (χ3n) is 3.20. The normalized spacial score (nSPS) is 13.5. The first-order valence-corrected chi connectivity index (χ1v) is 8.37. The number of rotatable bonds is 7. The molecule has 1 N–H and O–H groups in total. The number of thioether (sulfide) groups is 1. The van der Waals surface area contributed by atoms with Crippen molar-refractivity contribution in [3.8, 4) is 0 Å². The molecule has 2 heteroatoms. The monoisotopic (exact) mass is 279 g/mol. The molecule has 0 heterocycles. The van der Waals surface area contributed by atoms with Gasteiger partial charge in [-0.15, -0.1) is 11.8 Å². The van der Waals surface area contributed by atoms with Gasteiger partial charge >= 0.3 is 0 Å². The summed E-state index contributed by atoms with van der Waals surface area (Å²) in [6.45, 7) is 12.4. The predicted octanol–water partition coefficient (Wildman–Crippen LogP) is 5.28. The average Bonchev–Trinajstić information content (AvgIpc) is 2.35. The quantitative estimate of drug-likeness (QED) is 0.682. The summed E-state index contributed by atoms with van der Waals surface area (Å²) >= 11 is 1.97. The molecule has 1 rings (SSSR count). The molecular weight excluding hydrogens is 250 g/mol. The predicted molar refractivity (Wildman–Crippen MR) is 87.9 cm³/mol. The molecule has 0 aliphatic carbocycles. The van der Waals surface area contributed by atoms with Crippen molar-refractivity contribution in [1.82, 2.24) is 5.32 Å². The highest BCUT2D eigenvalue weighted by molar-refractivity contribution is 7.99. The van der Waals surface area contributed by atoms with Crippen molar-refractivity contribution < 1.29 is 0 Å². The maximum absolute atomic E-state index is 3.52. The van der Waals surface area contributed by atoms with Gasteiger partial charge in [-0.2, -0.15) is 0 Å². The molecule has 0 bridgehead atoms. The van der Waals surface area contributed by atoms with Gasteiger partial charge in [0.05, 0.1) is 0 Å². The average molecular weight is 279 g/mol. The van der Waals surface area contributed by atoms with Crippen molar-refractivity contribution in [1.29, 1.82) is 0 Å². The highest BCUT2D eigenvalue weighted by atomic mass is 32.2. The summed E-state index contributed by atoms with van der Waals surface area (Å²) in [7, 11) is 0. The number of hydrogen-bond donors (Lipinski definition) is 1. The minimum atomic E-state index is 0.436. The maximum atomic E-state index is 3.52. The Labute approximate surface area is 123 Å². The zero-order chi connectivity index (χ0) is 14.3. The molecule has 0 aliphatic rings. The fourth-order valence-corrected chi connectivity index (χ4v) is 3.09. The number of hydrogen-bond acceptors (Lipinski definition) is 2. The van der Waals surface area contributed by atoms with Crippen LogP contribution < -0.4 is 5.32 Å². The molecule has 0 aliphatic heterocycles. The second-order valence-corrected chi connectivity index (χ2v) is 7.57. The lowest BCUT2D eigenvalue weighted by Gasteiger charge is -2.17. The Kier molecular flexibility index (Phi) is 6.95. The Balaban J connectivity index is 2.43. The second kappa shape index (κ2) is 7.96. The lowest BCUT2D eigenvalue weighted by atomic mass is 9.94. The number of benzene rings is 1. The SMILES string of the molecule is CCCNC(C)c1ccc(SCCC(C)(C)C)cc1. The Hall–Kier alpha value is -0.470. The van der Waals surface area contributed by atoms with Crippen molar-refractivity contribution in [2.75, 3.05) is 12.3 Å². The zero-order valence-corrected chi connectivity index (χ0v) is 13.9. The Morgan fingerprint density at radius 2 is 1.79 bits per heavy atom. The van der Waals surface area contributed by atoms with Gasteiger partial charge in [-0.1, -0.05) is 39.8 Å². The Morgan fingerprint density at radius 3 is 2.32 bits per heavy atom. The van der Waals surface area contributed by atoms with Gasteiger partial charge < -0.3 is 5.32 Å². The summed E-state index contributed by atoms with van der Waals surface area (Å²) in [5.41, 5.74) is 1.82. The molecule has 1 atom stereocenters. The van der Waals surface area contributed by atoms with Gasteiger partial charge in [0.15, 0.2) is 0 Å². The molecule has 1 nitrogen and oxygen atoms in total. The van der Waals surface area contributed by atoms with Crippen LogP contribution in [-0.2, 0) is 0 Å². The van der Waals surface area contributed by atoms with E-state index >= 15 is 0 Å². The first kappa shape index (κ1) is 16.6. The lowest BCUT2D eigenvalue weighted by molar-refractivity contribution is 0.401. The molecule has 1 aromatic rings. The van der Waals surface area contributed by atoms with E-state index in [1.54, 1.807) is 0 Å². The van der Waals surface area contributed by atoms with Gasteiger partial charge in [0, 0.05) is 10.9 Å². The van der Waals surface area contributed by atoms with Gasteiger partial charge in [0.1, 0.15) is 0 Å². The largest absolute Gasteiger partial charge is 0.310 e. The Bertz CT molecular complexity index is 351. The molecule has 0 saturated heterocycles. The van der Waals surface area contributed by atoms with Crippen LogP contribution in [0.15, 0.2) is 29.2 Å². The molecule has 0 fully saturated rings. The molecule has 0 amide bonds. The molecule has 19 heavy (non-hydrogen) atoms. The Morgan fingerprint density at radius 1 is 1.16 bits per heavy atom. The zero-order valence-electron chi connectivity index (χ0n) is 13.1. The van der Waals surface area contributed by atoms with Crippen molar-refractivity contribution in [3.05, 3.63) is 29.8 Å². The van der Waals surface area contributed by atoms with Crippen LogP contribution in [0.2, 0.25) is 0 Å². The van der Waals surface area contributed by atoms with E-state index in [0.717, 1.165) is 6.54 Å². The van der Waals surface area contributed by atoms with Crippen LogP contribution in [0.5, 0.6) is 0 Å². The van der Waals surface area contributed by atoms with E-state index < -0.39 is 0 Å². The van der Waals surface area contributed by atoms with Crippen LogP contribution in [0.25, 0.3) is 0 Å². The summed E-state index contributed by atoms with van der Waals surface area (Å²) in [6, 6.07) is 9.48. The first-order chi connectivity index (χ1) is 8.92. The van der Waals surface area contributed by atoms with Crippen LogP contribution in [0.1, 0.15) is 59.1 Å². The van der Waals surface area contributed by atoms with Crippen molar-refractivity contribution >= 4 is 11.8 Å². The molecular formula is C17H29NS. The van der Waals surface area contributed by atoms with Crippen molar-refractivity contribution in [2.45, 2.75) is 58.4 Å². The highest BCUT2D eigenvalue weighted by Gasteiger charge is 2.10. The van der Waals surface area contributed by atoms with Gasteiger partial charge in [0.25, 0.3) is 0 Å². The van der Waals surface area contributed by atoms with E-state index in [9.17, 15) is 0 Å². The van der Waals surface area contributed by atoms with Gasteiger partial charge in [-0.25, -0.2) is 0 Å². The summed E-state index contributed by atoms with van der Waals surface area (Å²) < 4.78 is 0. The van der Waals surface area contributed by atoms with E-state index in [4.69, 9.17) is 0 Å². The van der Waals surface area contributed by atoms with Crippen molar-refractivity contribution in [2.24, 2.45) is 5.41 Å². The van der Waals surface area contributed by atoms with Crippen LogP contribution in [-0.4, -0.2) is 12.3 Å². The fourth-order valence-electron chi connectivity index (χ4n) is 1.81. The summed E-state index contributed by atoms with van der Waals surface area (Å²) in [4.78, 5) is 1.38.